The Morgan fingerprint density at radius 2 is 2.18 bits per heavy atom. The minimum atomic E-state index is 0.536. The molecule has 2 rings (SSSR count). The van der Waals surface area contributed by atoms with Crippen LogP contribution in [0.25, 0.3) is 5.69 Å². The predicted octanol–water partition coefficient (Wildman–Crippen LogP) is 3.77. The first-order valence-corrected chi connectivity index (χ1v) is 6.75. The molecule has 0 aliphatic carbocycles. The average Bonchev–Trinajstić information content (AvgIpc) is 2.72. The molecule has 2 aromatic rings. The summed E-state index contributed by atoms with van der Waals surface area (Å²) >= 11 is 15.3. The highest BCUT2D eigenvalue weighted by molar-refractivity contribution is 9.10. The van der Waals surface area contributed by atoms with Crippen LogP contribution in [0.2, 0.25) is 5.02 Å². The molecule has 0 bridgehead atoms. The van der Waals surface area contributed by atoms with Gasteiger partial charge < -0.3 is 0 Å². The van der Waals surface area contributed by atoms with E-state index >= 15 is 0 Å². The number of nitrogens with zero attached hydrogens (tertiary/aromatic N) is 3. The van der Waals surface area contributed by atoms with Crippen molar-refractivity contribution < 1.29 is 0 Å². The fraction of sp³-hybridized carbons (Fsp3) is 0.273. The van der Waals surface area contributed by atoms with Crippen LogP contribution < -0.4 is 0 Å². The summed E-state index contributed by atoms with van der Waals surface area (Å²) < 4.78 is 2.62. The fourth-order valence-electron chi connectivity index (χ4n) is 1.44. The number of alkyl halides is 1. The van der Waals surface area contributed by atoms with E-state index in [1.807, 2.05) is 25.3 Å². The first-order chi connectivity index (χ1) is 8.11. The highest BCUT2D eigenvalue weighted by Crippen LogP contribution is 2.27. The van der Waals surface area contributed by atoms with Crippen molar-refractivity contribution in [3.63, 3.8) is 0 Å². The lowest BCUT2D eigenvalue weighted by Crippen LogP contribution is -1.97. The maximum Gasteiger partial charge on any atom is 0.0843 e. The van der Waals surface area contributed by atoms with Gasteiger partial charge in [0.15, 0.2) is 0 Å². The molecule has 0 saturated heterocycles. The Hall–Kier alpha value is -0.580. The van der Waals surface area contributed by atoms with Crippen molar-refractivity contribution >= 4 is 39.1 Å². The molecule has 1 heterocycles. The molecule has 0 atom stereocenters. The maximum absolute atomic E-state index is 6.10. The predicted molar refractivity (Wildman–Crippen MR) is 73.2 cm³/mol. The fourth-order valence-corrected chi connectivity index (χ4v) is 2.43. The van der Waals surface area contributed by atoms with Gasteiger partial charge >= 0.3 is 0 Å². The van der Waals surface area contributed by atoms with Crippen LogP contribution in [0.1, 0.15) is 11.3 Å². The Balaban J connectivity index is 2.41. The molecular formula is C11H10BrCl2N3. The quantitative estimate of drug-likeness (QED) is 0.800. The van der Waals surface area contributed by atoms with Crippen molar-refractivity contribution in [2.45, 2.75) is 13.3 Å². The molecule has 0 amide bonds. The van der Waals surface area contributed by atoms with Crippen molar-refractivity contribution in [2.75, 3.05) is 5.88 Å². The molecule has 17 heavy (non-hydrogen) atoms. The largest absolute Gasteiger partial charge is 0.219 e. The lowest BCUT2D eigenvalue weighted by molar-refractivity contribution is 0.795. The standard InChI is InChI=1S/C11H10BrCl2N3/c1-7-4-9(12)11(5-10(7)14)17-6-8(2-3-13)15-16-17/h4-6H,2-3H2,1H3. The van der Waals surface area contributed by atoms with E-state index in [0.29, 0.717) is 17.3 Å². The Morgan fingerprint density at radius 3 is 2.88 bits per heavy atom. The van der Waals surface area contributed by atoms with Crippen LogP contribution in [0, 0.1) is 6.92 Å². The van der Waals surface area contributed by atoms with E-state index in [1.165, 1.54) is 0 Å². The van der Waals surface area contributed by atoms with Gasteiger partial charge in [0, 0.05) is 21.8 Å². The van der Waals surface area contributed by atoms with Crippen LogP contribution in [-0.4, -0.2) is 20.9 Å². The Labute approximate surface area is 118 Å². The molecule has 0 unspecified atom stereocenters. The molecule has 0 fully saturated rings. The zero-order valence-corrected chi connectivity index (χ0v) is 12.2. The normalized spacial score (nSPS) is 10.8. The van der Waals surface area contributed by atoms with Crippen LogP contribution in [0.5, 0.6) is 0 Å². The summed E-state index contributed by atoms with van der Waals surface area (Å²) in [5.41, 5.74) is 2.75. The monoisotopic (exact) mass is 333 g/mol. The van der Waals surface area contributed by atoms with Crippen LogP contribution in [0.3, 0.4) is 0 Å². The van der Waals surface area contributed by atoms with E-state index in [2.05, 4.69) is 26.2 Å². The molecule has 6 heteroatoms. The zero-order chi connectivity index (χ0) is 12.4. The van der Waals surface area contributed by atoms with E-state index in [4.69, 9.17) is 23.2 Å². The molecule has 0 spiro atoms. The van der Waals surface area contributed by atoms with E-state index < -0.39 is 0 Å². The molecule has 0 aliphatic rings. The summed E-state index contributed by atoms with van der Waals surface area (Å²) in [6.45, 7) is 1.96. The Morgan fingerprint density at radius 1 is 1.41 bits per heavy atom. The molecule has 0 aliphatic heterocycles. The lowest BCUT2D eigenvalue weighted by Gasteiger charge is -2.06. The first-order valence-electron chi connectivity index (χ1n) is 5.05. The number of rotatable bonds is 3. The lowest BCUT2D eigenvalue weighted by atomic mass is 10.2. The summed E-state index contributed by atoms with van der Waals surface area (Å²) in [5, 5.41) is 8.80. The topological polar surface area (TPSA) is 30.7 Å². The highest BCUT2D eigenvalue weighted by atomic mass is 79.9. The van der Waals surface area contributed by atoms with Gasteiger partial charge in [-0.3, -0.25) is 0 Å². The molecule has 0 radical (unpaired) electrons. The number of hydrogen-bond donors (Lipinski definition) is 0. The van der Waals surface area contributed by atoms with Gasteiger partial charge in [0.25, 0.3) is 0 Å². The molecule has 0 saturated carbocycles. The second kappa shape index (κ2) is 5.38. The molecule has 1 aromatic carbocycles. The van der Waals surface area contributed by atoms with Crippen LogP contribution >= 0.6 is 39.1 Å². The van der Waals surface area contributed by atoms with E-state index in [0.717, 1.165) is 21.4 Å². The SMILES string of the molecule is Cc1cc(Br)c(-n2cc(CCCl)nn2)cc1Cl. The number of halogens is 3. The van der Waals surface area contributed by atoms with Gasteiger partial charge in [0.2, 0.25) is 0 Å². The third kappa shape index (κ3) is 2.81. The van der Waals surface area contributed by atoms with Gasteiger partial charge in [-0.25, -0.2) is 4.68 Å². The Kier molecular flexibility index (Phi) is 4.07. The van der Waals surface area contributed by atoms with Crippen molar-refractivity contribution in [3.05, 3.63) is 39.1 Å². The van der Waals surface area contributed by atoms with Gasteiger partial charge in [-0.15, -0.1) is 16.7 Å². The van der Waals surface area contributed by atoms with E-state index in [-0.39, 0.29) is 0 Å². The molecule has 0 N–H and O–H groups in total. The smallest absolute Gasteiger partial charge is 0.0843 e. The molecule has 3 nitrogen and oxygen atoms in total. The highest BCUT2D eigenvalue weighted by Gasteiger charge is 2.08. The van der Waals surface area contributed by atoms with Crippen LogP contribution in [0.15, 0.2) is 22.8 Å². The maximum atomic E-state index is 6.10. The van der Waals surface area contributed by atoms with E-state index in [9.17, 15) is 0 Å². The minimum Gasteiger partial charge on any atom is -0.219 e. The van der Waals surface area contributed by atoms with Crippen LogP contribution in [-0.2, 0) is 6.42 Å². The number of aromatic nitrogens is 3. The average molecular weight is 335 g/mol. The van der Waals surface area contributed by atoms with Gasteiger partial charge in [-0.1, -0.05) is 16.8 Å². The summed E-state index contributed by atoms with van der Waals surface area (Å²) in [6.07, 6.45) is 2.56. The first kappa shape index (κ1) is 12.9. The third-order valence-corrected chi connectivity index (χ3v) is 3.60. The third-order valence-electron chi connectivity index (χ3n) is 2.37. The number of hydrogen-bond acceptors (Lipinski definition) is 2. The van der Waals surface area contributed by atoms with Crippen molar-refractivity contribution in [2.24, 2.45) is 0 Å². The molecule has 1 aromatic heterocycles. The van der Waals surface area contributed by atoms with Crippen LogP contribution in [0.4, 0.5) is 0 Å². The summed E-state index contributed by atoms with van der Waals surface area (Å²) in [6, 6.07) is 3.82. The van der Waals surface area contributed by atoms with E-state index in [1.54, 1.807) is 4.68 Å². The van der Waals surface area contributed by atoms with Gasteiger partial charge in [0.1, 0.15) is 0 Å². The Bertz CT molecular complexity index is 540. The molecular weight excluding hydrogens is 325 g/mol. The second-order valence-corrected chi connectivity index (χ2v) is 5.29. The number of benzene rings is 1. The second-order valence-electron chi connectivity index (χ2n) is 3.65. The minimum absolute atomic E-state index is 0.536. The van der Waals surface area contributed by atoms with Gasteiger partial charge in [0.05, 0.1) is 17.6 Å². The van der Waals surface area contributed by atoms with Crippen molar-refractivity contribution in [3.8, 4) is 5.69 Å². The van der Waals surface area contributed by atoms with Crippen molar-refractivity contribution in [1.29, 1.82) is 0 Å². The summed E-state index contributed by atoms with van der Waals surface area (Å²) in [7, 11) is 0. The summed E-state index contributed by atoms with van der Waals surface area (Å²) in [5.74, 6) is 0.536. The van der Waals surface area contributed by atoms with Gasteiger partial charge in [-0.2, -0.15) is 0 Å². The molecule has 90 valence electrons. The van der Waals surface area contributed by atoms with Gasteiger partial charge in [-0.05, 0) is 40.5 Å². The summed E-state index contributed by atoms with van der Waals surface area (Å²) in [4.78, 5) is 0. The zero-order valence-electron chi connectivity index (χ0n) is 9.12. The number of aryl methyl sites for hydroxylation is 2. The van der Waals surface area contributed by atoms with Crippen molar-refractivity contribution in [1.82, 2.24) is 15.0 Å².